The Balaban J connectivity index is 1.71. The number of hydrogen-bond acceptors (Lipinski definition) is 5. The molecule has 0 aromatic carbocycles. The molecule has 1 saturated heterocycles. The van der Waals surface area contributed by atoms with Crippen LogP contribution in [0.4, 0.5) is 0 Å². The minimum atomic E-state index is -3.52. The van der Waals surface area contributed by atoms with E-state index >= 15 is 0 Å². The van der Waals surface area contributed by atoms with Crippen LogP contribution >= 0.6 is 0 Å². The maximum absolute atomic E-state index is 12.1. The van der Waals surface area contributed by atoms with Gasteiger partial charge in [0.05, 0.1) is 13.5 Å². The lowest BCUT2D eigenvalue weighted by Crippen LogP contribution is -2.41. The van der Waals surface area contributed by atoms with Gasteiger partial charge in [-0.1, -0.05) is 0 Å². The van der Waals surface area contributed by atoms with Gasteiger partial charge in [-0.15, -0.1) is 0 Å². The summed E-state index contributed by atoms with van der Waals surface area (Å²) in [4.78, 5) is 13.5. The highest BCUT2D eigenvalue weighted by Crippen LogP contribution is 2.31. The van der Waals surface area contributed by atoms with Crippen molar-refractivity contribution in [2.75, 3.05) is 40.3 Å². The standard InChI is InChI=1S/C13H25N3O4S/c1-15(7-6-13(17)20-2)21(18,19)14-9-11-5-8-16(10-11)12-3-4-12/h11-12,14H,3-10H2,1-2H3. The molecule has 1 aliphatic carbocycles. The van der Waals surface area contributed by atoms with Gasteiger partial charge in [0.15, 0.2) is 0 Å². The largest absolute Gasteiger partial charge is 0.469 e. The zero-order chi connectivity index (χ0) is 15.5. The van der Waals surface area contributed by atoms with Crippen molar-refractivity contribution in [2.45, 2.75) is 31.7 Å². The minimum Gasteiger partial charge on any atom is -0.469 e. The fraction of sp³-hybridized carbons (Fsp3) is 0.923. The smallest absolute Gasteiger partial charge is 0.306 e. The van der Waals surface area contributed by atoms with Gasteiger partial charge < -0.3 is 9.64 Å². The van der Waals surface area contributed by atoms with Crippen LogP contribution in [0.25, 0.3) is 0 Å². The first-order chi connectivity index (χ1) is 9.92. The molecule has 1 aliphatic heterocycles. The van der Waals surface area contributed by atoms with Crippen molar-refractivity contribution >= 4 is 16.2 Å². The molecular formula is C13H25N3O4S. The first-order valence-corrected chi connectivity index (χ1v) is 8.88. The number of rotatable bonds is 8. The monoisotopic (exact) mass is 319 g/mol. The van der Waals surface area contributed by atoms with Crippen molar-refractivity contribution in [2.24, 2.45) is 5.92 Å². The third kappa shape index (κ3) is 4.91. The Morgan fingerprint density at radius 1 is 1.38 bits per heavy atom. The molecule has 0 amide bonds. The second kappa shape index (κ2) is 7.04. The van der Waals surface area contributed by atoms with Gasteiger partial charge in [-0.2, -0.15) is 12.7 Å². The third-order valence-corrected chi connectivity index (χ3v) is 5.74. The fourth-order valence-corrected chi connectivity index (χ4v) is 3.60. The summed E-state index contributed by atoms with van der Waals surface area (Å²) in [6.45, 7) is 2.66. The van der Waals surface area contributed by atoms with E-state index in [4.69, 9.17) is 0 Å². The summed E-state index contributed by atoms with van der Waals surface area (Å²) < 4.78 is 32.4. The van der Waals surface area contributed by atoms with Gasteiger partial charge >= 0.3 is 5.97 Å². The normalized spacial score (nSPS) is 23.7. The highest BCUT2D eigenvalue weighted by Gasteiger charge is 2.34. The fourth-order valence-electron chi connectivity index (χ4n) is 2.60. The number of hydrogen-bond donors (Lipinski definition) is 1. The van der Waals surface area contributed by atoms with Crippen LogP contribution in [0.1, 0.15) is 25.7 Å². The van der Waals surface area contributed by atoms with E-state index in [2.05, 4.69) is 14.4 Å². The van der Waals surface area contributed by atoms with Gasteiger partial charge in [-0.05, 0) is 31.7 Å². The Hall–Kier alpha value is -0.700. The van der Waals surface area contributed by atoms with Crippen LogP contribution in [0, 0.1) is 5.92 Å². The maximum Gasteiger partial charge on any atom is 0.306 e. The summed E-state index contributed by atoms with van der Waals surface area (Å²) in [7, 11) is -0.756. The summed E-state index contributed by atoms with van der Waals surface area (Å²) >= 11 is 0. The van der Waals surface area contributed by atoms with Crippen molar-refractivity contribution in [3.05, 3.63) is 0 Å². The van der Waals surface area contributed by atoms with Gasteiger partial charge in [0.1, 0.15) is 0 Å². The molecule has 1 unspecified atom stereocenters. The van der Waals surface area contributed by atoms with Crippen molar-refractivity contribution in [3.63, 3.8) is 0 Å². The van der Waals surface area contributed by atoms with Crippen molar-refractivity contribution in [1.82, 2.24) is 13.9 Å². The second-order valence-electron chi connectivity index (χ2n) is 5.88. The Morgan fingerprint density at radius 3 is 2.71 bits per heavy atom. The zero-order valence-electron chi connectivity index (χ0n) is 12.7. The number of esters is 1. The Bertz CT molecular complexity index is 464. The molecule has 0 aromatic heterocycles. The first kappa shape index (κ1) is 16.7. The summed E-state index contributed by atoms with van der Waals surface area (Å²) in [5.41, 5.74) is 0. The average Bonchev–Trinajstić information content (AvgIpc) is 3.21. The van der Waals surface area contributed by atoms with Gasteiger partial charge in [0.2, 0.25) is 0 Å². The zero-order valence-corrected chi connectivity index (χ0v) is 13.6. The molecule has 21 heavy (non-hydrogen) atoms. The molecule has 1 atom stereocenters. The van der Waals surface area contributed by atoms with Crippen LogP contribution in [0.5, 0.6) is 0 Å². The number of ether oxygens (including phenoxy) is 1. The lowest BCUT2D eigenvalue weighted by Gasteiger charge is -2.19. The molecule has 0 bridgehead atoms. The molecule has 8 heteroatoms. The van der Waals surface area contributed by atoms with Crippen LogP contribution < -0.4 is 4.72 Å². The summed E-state index contributed by atoms with van der Waals surface area (Å²) in [6, 6.07) is 0.745. The molecule has 2 rings (SSSR count). The molecule has 2 aliphatic rings. The molecule has 1 N–H and O–H groups in total. The molecule has 122 valence electrons. The minimum absolute atomic E-state index is 0.0623. The molecule has 0 spiro atoms. The Labute approximate surface area is 126 Å². The summed E-state index contributed by atoms with van der Waals surface area (Å²) in [6.07, 6.45) is 3.68. The van der Waals surface area contributed by atoms with E-state index in [-0.39, 0.29) is 13.0 Å². The lowest BCUT2D eigenvalue weighted by molar-refractivity contribution is -0.140. The van der Waals surface area contributed by atoms with Gasteiger partial charge in [-0.25, -0.2) is 4.72 Å². The Kier molecular flexibility index (Phi) is 5.59. The highest BCUT2D eigenvalue weighted by molar-refractivity contribution is 7.87. The van der Waals surface area contributed by atoms with Crippen LogP contribution in [0.2, 0.25) is 0 Å². The molecule has 1 heterocycles. The van der Waals surface area contributed by atoms with Crippen molar-refractivity contribution in [3.8, 4) is 0 Å². The topological polar surface area (TPSA) is 78.9 Å². The predicted octanol–water partition coefficient (Wildman–Crippen LogP) is -0.200. The van der Waals surface area contributed by atoms with E-state index in [0.717, 1.165) is 29.9 Å². The lowest BCUT2D eigenvalue weighted by atomic mass is 10.1. The third-order valence-electron chi connectivity index (χ3n) is 4.20. The second-order valence-corrected chi connectivity index (χ2v) is 7.74. The number of nitrogens with one attached hydrogen (secondary N) is 1. The molecule has 2 fully saturated rings. The molecular weight excluding hydrogens is 294 g/mol. The van der Waals surface area contributed by atoms with Gasteiger partial charge in [-0.3, -0.25) is 4.79 Å². The number of methoxy groups -OCH3 is 1. The van der Waals surface area contributed by atoms with Crippen molar-refractivity contribution in [1.29, 1.82) is 0 Å². The molecule has 7 nitrogen and oxygen atoms in total. The predicted molar refractivity (Wildman–Crippen MR) is 78.9 cm³/mol. The number of carbonyl (C=O) groups excluding carboxylic acids is 1. The van der Waals surface area contributed by atoms with Crippen LogP contribution in [0.15, 0.2) is 0 Å². The van der Waals surface area contributed by atoms with Crippen LogP contribution in [0.3, 0.4) is 0 Å². The number of likely N-dealkylation sites (tertiary alicyclic amines) is 1. The highest BCUT2D eigenvalue weighted by atomic mass is 32.2. The first-order valence-electron chi connectivity index (χ1n) is 7.44. The van der Waals surface area contributed by atoms with E-state index in [9.17, 15) is 13.2 Å². The number of carbonyl (C=O) groups is 1. The van der Waals surface area contributed by atoms with Crippen molar-refractivity contribution < 1.29 is 17.9 Å². The summed E-state index contributed by atoms with van der Waals surface area (Å²) in [5, 5.41) is 0. The van der Waals surface area contributed by atoms with Crippen LogP contribution in [-0.2, 0) is 19.7 Å². The number of nitrogens with zero attached hydrogens (tertiary/aromatic N) is 2. The van der Waals surface area contributed by atoms with E-state index in [1.54, 1.807) is 0 Å². The molecule has 0 aromatic rings. The Morgan fingerprint density at radius 2 is 2.10 bits per heavy atom. The van der Waals surface area contributed by atoms with E-state index in [0.29, 0.717) is 12.5 Å². The molecule has 1 saturated carbocycles. The molecule has 0 radical (unpaired) electrons. The maximum atomic E-state index is 12.1. The SMILES string of the molecule is COC(=O)CCN(C)S(=O)(=O)NCC1CCN(C2CC2)C1. The summed E-state index contributed by atoms with van der Waals surface area (Å²) in [5.74, 6) is -0.0256. The van der Waals surface area contributed by atoms with Gasteiger partial charge in [0, 0.05) is 32.7 Å². The van der Waals surface area contributed by atoms with E-state index < -0.39 is 16.2 Å². The average molecular weight is 319 g/mol. The van der Waals surface area contributed by atoms with Crippen LogP contribution in [-0.4, -0.2) is 70.0 Å². The van der Waals surface area contributed by atoms with E-state index in [1.807, 2.05) is 0 Å². The van der Waals surface area contributed by atoms with Gasteiger partial charge in [0.25, 0.3) is 10.2 Å². The quantitative estimate of drug-likeness (QED) is 0.627. The van der Waals surface area contributed by atoms with E-state index in [1.165, 1.54) is 27.0 Å².